The minimum Gasteiger partial charge on any atom is -0.508 e. The van der Waals surface area contributed by atoms with Crippen molar-refractivity contribution < 1.29 is 66.9 Å². The van der Waals surface area contributed by atoms with Crippen LogP contribution in [0.5, 0.6) is 5.75 Å². The first-order chi connectivity index (χ1) is 47.0. The molecule has 26 nitrogen and oxygen atoms in total. The summed E-state index contributed by atoms with van der Waals surface area (Å²) in [5.41, 5.74) is 8.45. The average Bonchev–Trinajstić information content (AvgIpc) is 1.57. The number of halogens is 2. The molecule has 2 aliphatic heterocycles. The highest BCUT2D eigenvalue weighted by Gasteiger charge is 2.48. The second-order valence-corrected chi connectivity index (χ2v) is 27.4. The van der Waals surface area contributed by atoms with Crippen LogP contribution in [-0.2, 0) is 80.3 Å². The molecular formula is C67H72F2N14O12S3. The number of aliphatic carboxylic acids is 1. The molecule has 31 heteroatoms. The number of aromatic hydroxyl groups is 1. The normalized spacial score (nSPS) is 22.7. The second-order valence-electron chi connectivity index (χ2n) is 24.2. The van der Waals surface area contributed by atoms with Gasteiger partial charge in [-0.25, -0.2) is 18.7 Å². The van der Waals surface area contributed by atoms with E-state index < -0.39 is 126 Å². The number of carbonyl (C=O) groups excluding carboxylic acids is 9. The van der Waals surface area contributed by atoms with E-state index in [9.17, 15) is 47.8 Å². The van der Waals surface area contributed by atoms with E-state index in [0.717, 1.165) is 22.5 Å². The van der Waals surface area contributed by atoms with E-state index in [1.807, 2.05) is 24.3 Å². The summed E-state index contributed by atoms with van der Waals surface area (Å²) in [7, 11) is 0. The largest absolute Gasteiger partial charge is 0.508 e. The average molecular weight is 1400 g/mol. The van der Waals surface area contributed by atoms with Gasteiger partial charge in [-0.05, 0) is 103 Å². The third kappa shape index (κ3) is 17.9. The molecule has 4 aromatic carbocycles. The number of aromatic amines is 3. The quantitative estimate of drug-likeness (QED) is 0.0854. The van der Waals surface area contributed by atoms with E-state index in [1.54, 1.807) is 6.92 Å². The smallest absolute Gasteiger partial charge is 0.305 e. The van der Waals surface area contributed by atoms with E-state index in [2.05, 4.69) is 62.1 Å². The lowest BCUT2D eigenvalue weighted by molar-refractivity contribution is -0.147. The Morgan fingerprint density at radius 1 is 0.684 bits per heavy atom. The van der Waals surface area contributed by atoms with Gasteiger partial charge in [-0.15, -0.1) is 11.3 Å². The van der Waals surface area contributed by atoms with Gasteiger partial charge in [0.1, 0.15) is 69.1 Å². The Morgan fingerprint density at radius 2 is 1.28 bits per heavy atom. The van der Waals surface area contributed by atoms with Crippen molar-refractivity contribution in [2.75, 3.05) is 18.1 Å². The van der Waals surface area contributed by atoms with Crippen LogP contribution >= 0.6 is 34.9 Å². The summed E-state index contributed by atoms with van der Waals surface area (Å²) < 4.78 is 29.8. The van der Waals surface area contributed by atoms with Crippen LogP contribution in [0.15, 0.2) is 116 Å². The van der Waals surface area contributed by atoms with Gasteiger partial charge < -0.3 is 73.0 Å². The summed E-state index contributed by atoms with van der Waals surface area (Å²) in [6.45, 7) is 3.25. The standard InChI is InChI=1S/C67H72F2N14O12S3/c1-35-64-74-30-55(98-64)63(93)80-50(22-40-28-73-48-14-10-42(69)24-46(40)48)60(90)77-49(21-39-27-72-47-13-9-41(68)23-45(39)47)59(89)79-52(26-57(86)87)62(92)78-51(25-43-29-71-34-75-43)61(91)81-53(20-36-7-11-44(84)12-8-36)65(94)83-17-4-16-67(83,2)66(95)82-54(58(70)88)33-97-32-38-6-3-5-37(19-38)31-96-18-15-56(85)76-35/h3,5-14,19,23-24,27-30,34-35,49-54,72-73,84H,4,15-18,20-22,25-26,31-33H2,1-2H3,(H2,70,88)(H,71,75)(H,76,85)(H,77,90)(H,78,92)(H,79,89)(H,80,93)(H,81,91)(H,82,95)(H,86,87)/t35?,49-,50-,51-,52-,53-,54-,67-/m0/s1. The van der Waals surface area contributed by atoms with Crippen LogP contribution in [-0.4, -0.2) is 159 Å². The molecule has 10 rings (SSSR count). The summed E-state index contributed by atoms with van der Waals surface area (Å²) in [6, 6.07) is 10.9. The van der Waals surface area contributed by atoms with Crippen LogP contribution in [0.25, 0.3) is 21.8 Å². The van der Waals surface area contributed by atoms with Gasteiger partial charge in [0.25, 0.3) is 5.91 Å². The molecular weight excluding hydrogens is 1330 g/mol. The lowest BCUT2D eigenvalue weighted by Crippen LogP contribution is -2.63. The molecule has 0 spiro atoms. The molecule has 0 aliphatic carbocycles. The predicted molar refractivity (Wildman–Crippen MR) is 362 cm³/mol. The number of imidazole rings is 1. The number of primary amides is 1. The zero-order valence-corrected chi connectivity index (χ0v) is 55.5. The SMILES string of the molecule is CC1NC(=O)CCSCc2cccc(c2)CSC[C@@H](C(N)=O)NC(=O)[C@]2(C)CCCN2C(=O)[C@H](Cc2ccc(O)cc2)NC(=O)[C@H](Cc2cnc[nH]2)NC(=O)[C@H](CC(=O)O)NC(=O)[C@H](Cc2c[nH]c3ccc(F)cc23)NC(=O)[C@H](Cc2c[nH]c3ccc(F)cc23)NC(=O)c2cnc1s2. The Labute approximate surface area is 572 Å². The van der Waals surface area contributed by atoms with Crippen LogP contribution in [0.1, 0.15) is 93.8 Å². The third-order valence-electron chi connectivity index (χ3n) is 17.0. The zero-order valence-electron chi connectivity index (χ0n) is 53.1. The molecule has 98 heavy (non-hydrogen) atoms. The fraction of sp³-hybridized carbons (Fsp3) is 0.343. The van der Waals surface area contributed by atoms with Crippen LogP contribution < -0.4 is 43.0 Å². The summed E-state index contributed by atoms with van der Waals surface area (Å²) in [6.07, 6.45) is 5.02. The van der Waals surface area contributed by atoms with Crippen molar-refractivity contribution in [1.29, 1.82) is 0 Å². The Hall–Kier alpha value is -10.1. The first-order valence-electron chi connectivity index (χ1n) is 31.4. The van der Waals surface area contributed by atoms with Gasteiger partial charge in [0.2, 0.25) is 47.3 Å². The summed E-state index contributed by atoms with van der Waals surface area (Å²) >= 11 is 3.81. The number of nitrogens with one attached hydrogen (secondary N) is 10. The van der Waals surface area contributed by atoms with Crippen molar-refractivity contribution in [3.05, 3.63) is 171 Å². The number of hydrogen-bond acceptors (Lipinski definition) is 16. The van der Waals surface area contributed by atoms with Gasteiger partial charge in [-0.2, -0.15) is 23.5 Å². The number of thioether (sulfide) groups is 2. The van der Waals surface area contributed by atoms with Crippen LogP contribution in [0.2, 0.25) is 0 Å². The number of benzene rings is 4. The van der Waals surface area contributed by atoms with Crippen molar-refractivity contribution in [2.45, 2.75) is 125 Å². The summed E-state index contributed by atoms with van der Waals surface area (Å²) in [4.78, 5) is 162. The monoisotopic (exact) mass is 1400 g/mol. The lowest BCUT2D eigenvalue weighted by Gasteiger charge is -2.37. The molecule has 1 unspecified atom stereocenters. The highest BCUT2D eigenvalue weighted by Crippen LogP contribution is 2.32. The van der Waals surface area contributed by atoms with Gasteiger partial charge in [0.05, 0.1) is 25.0 Å². The number of fused-ring (bicyclic) bond motifs is 7. The first kappa shape index (κ1) is 70.7. The molecule has 9 amide bonds. The maximum atomic E-state index is 15.2. The predicted octanol–water partition coefficient (Wildman–Crippen LogP) is 4.39. The number of aromatic nitrogens is 5. The Bertz CT molecular complexity index is 4280. The minimum atomic E-state index is -2.02. The maximum absolute atomic E-state index is 15.2. The third-order valence-corrected chi connectivity index (χ3v) is 20.3. The van der Waals surface area contributed by atoms with E-state index in [1.165, 1.54) is 127 Å². The molecule has 514 valence electrons. The van der Waals surface area contributed by atoms with Gasteiger partial charge >= 0.3 is 5.97 Å². The van der Waals surface area contributed by atoms with Crippen LogP contribution in [0, 0.1) is 11.6 Å². The Balaban J connectivity index is 0.990. The molecule has 4 aromatic heterocycles. The van der Waals surface area contributed by atoms with Crippen molar-refractivity contribution in [3.8, 4) is 5.75 Å². The number of phenols is 1. The molecule has 4 bridgehead atoms. The number of thiazole rings is 1. The number of rotatable bonds is 11. The van der Waals surface area contributed by atoms with Crippen LogP contribution in [0.3, 0.4) is 0 Å². The summed E-state index contributed by atoms with van der Waals surface area (Å²) in [5, 5.41) is 40.4. The van der Waals surface area contributed by atoms with E-state index in [-0.39, 0.29) is 77.6 Å². The number of carboxylic acid groups (broad SMARTS) is 1. The molecule has 0 saturated carbocycles. The highest BCUT2D eigenvalue weighted by atomic mass is 32.2. The lowest BCUT2D eigenvalue weighted by atomic mass is 9.95. The minimum absolute atomic E-state index is 0.0180. The van der Waals surface area contributed by atoms with Gasteiger partial charge in [-0.3, -0.25) is 47.9 Å². The highest BCUT2D eigenvalue weighted by molar-refractivity contribution is 7.98. The van der Waals surface area contributed by atoms with Crippen molar-refractivity contribution in [1.82, 2.24) is 67.0 Å². The number of hydrogen-bond donors (Lipinski definition) is 13. The molecule has 2 aliphatic rings. The van der Waals surface area contributed by atoms with E-state index in [4.69, 9.17) is 5.73 Å². The number of amides is 9. The van der Waals surface area contributed by atoms with Crippen molar-refractivity contribution >= 4 is 116 Å². The molecule has 8 aromatic rings. The Kier molecular flexibility index (Phi) is 22.9. The van der Waals surface area contributed by atoms with Crippen LogP contribution in [0.4, 0.5) is 8.78 Å². The van der Waals surface area contributed by atoms with Crippen molar-refractivity contribution in [2.24, 2.45) is 5.73 Å². The molecule has 8 atom stereocenters. The first-order valence-corrected chi connectivity index (χ1v) is 34.5. The topological polar surface area (TPSA) is 398 Å². The molecule has 1 saturated heterocycles. The van der Waals surface area contributed by atoms with E-state index >= 15 is 19.2 Å². The second kappa shape index (κ2) is 31.8. The van der Waals surface area contributed by atoms with Gasteiger partial charge in [-0.1, -0.05) is 36.4 Å². The zero-order chi connectivity index (χ0) is 69.8. The number of carboxylic acids is 1. The number of H-pyrrole nitrogens is 3. The summed E-state index contributed by atoms with van der Waals surface area (Å²) in [5.74, 6) is -9.20. The molecule has 14 N–H and O–H groups in total. The fourth-order valence-corrected chi connectivity index (χ4v) is 14.5. The van der Waals surface area contributed by atoms with Gasteiger partial charge in [0, 0.05) is 108 Å². The molecule has 1 fully saturated rings. The fourth-order valence-electron chi connectivity index (χ4n) is 11.8. The number of nitrogens with zero attached hydrogens (tertiary/aromatic N) is 3. The van der Waals surface area contributed by atoms with Gasteiger partial charge in [0.15, 0.2) is 0 Å². The molecule has 6 heterocycles. The van der Waals surface area contributed by atoms with Crippen molar-refractivity contribution in [3.63, 3.8) is 0 Å². The molecule has 0 radical (unpaired) electrons. The maximum Gasteiger partial charge on any atom is 0.305 e. The Morgan fingerprint density at radius 3 is 1.89 bits per heavy atom. The number of phenolic OH excluding ortho intramolecular Hbond substituents is 1. The number of carbonyl (C=O) groups is 10. The number of nitrogens with two attached hydrogens (primary N) is 1. The van der Waals surface area contributed by atoms with E-state index in [0.29, 0.717) is 56.2 Å².